The number of fused-ring (bicyclic) bond motifs is 3. The van der Waals surface area contributed by atoms with Gasteiger partial charge in [0.2, 0.25) is 0 Å². The van der Waals surface area contributed by atoms with Gasteiger partial charge in [-0.1, -0.05) is 12.1 Å². The molecule has 2 heterocycles. The highest BCUT2D eigenvalue weighted by molar-refractivity contribution is 7.60. The normalized spacial score (nSPS) is 27.7. The average molecular weight is 387 g/mol. The standard InChI is InChI=1S/C19H22N3O4P/c20-19-7-5-18(11-19,6-8-19)9-12-10-26-15(16(12)27(23,24)25)17-21-13-3-1-2-4-14(13)22-17/h1-4,10H,5-9,11,20H2,(H,21,22)(H2,23,24,25). The summed E-state index contributed by atoms with van der Waals surface area (Å²) in [5.74, 6) is 0.463. The number of nitrogens with one attached hydrogen (secondary N) is 1. The van der Waals surface area contributed by atoms with Gasteiger partial charge in [0.05, 0.1) is 17.3 Å². The summed E-state index contributed by atoms with van der Waals surface area (Å²) in [4.78, 5) is 27.7. The van der Waals surface area contributed by atoms with E-state index in [2.05, 4.69) is 9.97 Å². The number of imidazole rings is 1. The number of rotatable bonds is 4. The van der Waals surface area contributed by atoms with E-state index in [-0.39, 0.29) is 22.0 Å². The summed E-state index contributed by atoms with van der Waals surface area (Å²) < 4.78 is 18.0. The molecule has 8 heteroatoms. The third-order valence-corrected chi connectivity index (χ3v) is 7.41. The highest BCUT2D eigenvalue weighted by Gasteiger charge is 2.52. The van der Waals surface area contributed by atoms with Crippen LogP contribution in [0, 0.1) is 5.41 Å². The molecule has 0 saturated heterocycles. The summed E-state index contributed by atoms with van der Waals surface area (Å²) >= 11 is 0. The number of hydrogen-bond acceptors (Lipinski definition) is 4. The first-order valence-corrected chi connectivity index (χ1v) is 10.8. The van der Waals surface area contributed by atoms with E-state index in [1.54, 1.807) is 0 Å². The molecule has 2 aliphatic carbocycles. The van der Waals surface area contributed by atoms with Crippen molar-refractivity contribution in [3.63, 3.8) is 0 Å². The fourth-order valence-electron chi connectivity index (χ4n) is 5.08. The van der Waals surface area contributed by atoms with Crippen LogP contribution in [-0.4, -0.2) is 25.3 Å². The molecule has 0 radical (unpaired) electrons. The topological polar surface area (TPSA) is 125 Å². The number of para-hydroxylation sites is 2. The number of aromatic nitrogens is 2. The van der Waals surface area contributed by atoms with Crippen LogP contribution in [0.3, 0.4) is 0 Å². The molecule has 142 valence electrons. The van der Waals surface area contributed by atoms with E-state index < -0.39 is 7.60 Å². The van der Waals surface area contributed by atoms with E-state index in [0.717, 1.165) is 43.1 Å². The fourth-order valence-corrected chi connectivity index (χ4v) is 6.01. The number of H-pyrrole nitrogens is 1. The highest BCUT2D eigenvalue weighted by Crippen LogP contribution is 2.57. The summed E-state index contributed by atoms with van der Waals surface area (Å²) in [7, 11) is -4.54. The van der Waals surface area contributed by atoms with Crippen molar-refractivity contribution in [2.24, 2.45) is 11.1 Å². The van der Waals surface area contributed by atoms with Gasteiger partial charge in [0.1, 0.15) is 5.30 Å². The number of nitrogens with zero attached hydrogens (tertiary/aromatic N) is 1. The molecule has 5 N–H and O–H groups in total. The summed E-state index contributed by atoms with van der Waals surface area (Å²) in [5, 5.41) is -0.0441. The monoisotopic (exact) mass is 387 g/mol. The number of nitrogens with two attached hydrogens (primary N) is 1. The molecule has 5 rings (SSSR count). The van der Waals surface area contributed by atoms with Crippen molar-refractivity contribution in [2.75, 3.05) is 0 Å². The van der Waals surface area contributed by atoms with E-state index in [1.165, 1.54) is 6.26 Å². The Morgan fingerprint density at radius 2 is 1.96 bits per heavy atom. The first-order valence-electron chi connectivity index (χ1n) is 9.18. The molecule has 2 saturated carbocycles. The molecule has 7 nitrogen and oxygen atoms in total. The molecule has 0 unspecified atom stereocenters. The van der Waals surface area contributed by atoms with Crippen molar-refractivity contribution in [1.29, 1.82) is 0 Å². The largest absolute Gasteiger partial charge is 0.460 e. The maximum atomic E-state index is 12.3. The third kappa shape index (κ3) is 2.77. The Bertz CT molecular complexity index is 1040. The molecule has 2 fully saturated rings. The number of hydrogen-bond donors (Lipinski definition) is 4. The van der Waals surface area contributed by atoms with Gasteiger partial charge in [-0.05, 0) is 56.1 Å². The van der Waals surface area contributed by atoms with Gasteiger partial charge in [-0.25, -0.2) is 4.98 Å². The fraction of sp³-hybridized carbons (Fsp3) is 0.421. The first-order chi connectivity index (χ1) is 12.8. The Labute approximate surface area is 156 Å². The second-order valence-electron chi connectivity index (χ2n) is 8.30. The van der Waals surface area contributed by atoms with Crippen LogP contribution in [-0.2, 0) is 11.0 Å². The van der Waals surface area contributed by atoms with Crippen LogP contribution >= 0.6 is 7.60 Å². The molecule has 0 atom stereocenters. The Kier molecular flexibility index (Phi) is 3.53. The van der Waals surface area contributed by atoms with Crippen molar-refractivity contribution in [1.82, 2.24) is 9.97 Å². The van der Waals surface area contributed by atoms with Gasteiger partial charge >= 0.3 is 7.60 Å². The van der Waals surface area contributed by atoms with Crippen LogP contribution in [0.2, 0.25) is 0 Å². The van der Waals surface area contributed by atoms with Crippen molar-refractivity contribution in [3.8, 4) is 11.6 Å². The smallest absolute Gasteiger partial charge is 0.360 e. The Hall–Kier alpha value is -1.92. The van der Waals surface area contributed by atoms with Gasteiger partial charge in [-0.2, -0.15) is 0 Å². The Morgan fingerprint density at radius 1 is 1.22 bits per heavy atom. The Balaban J connectivity index is 1.58. The molecule has 0 aliphatic heterocycles. The van der Waals surface area contributed by atoms with Crippen LogP contribution in [0.15, 0.2) is 34.9 Å². The zero-order valence-corrected chi connectivity index (χ0v) is 15.7. The van der Waals surface area contributed by atoms with Gasteiger partial charge in [0, 0.05) is 11.1 Å². The minimum absolute atomic E-state index is 0.0215. The van der Waals surface area contributed by atoms with Crippen LogP contribution in [0.1, 0.15) is 37.7 Å². The van der Waals surface area contributed by atoms with E-state index in [0.29, 0.717) is 17.8 Å². The lowest BCUT2D eigenvalue weighted by Gasteiger charge is -2.26. The van der Waals surface area contributed by atoms with Gasteiger partial charge < -0.3 is 24.9 Å². The van der Waals surface area contributed by atoms with E-state index in [4.69, 9.17) is 10.2 Å². The van der Waals surface area contributed by atoms with Gasteiger partial charge in [0.25, 0.3) is 0 Å². The quantitative estimate of drug-likeness (QED) is 0.510. The van der Waals surface area contributed by atoms with Crippen molar-refractivity contribution < 1.29 is 18.8 Å². The number of furan rings is 1. The number of benzene rings is 1. The SMILES string of the molecule is NC12CCC(Cc3coc(-c4nc5ccccc5[nH]4)c3P(=O)(O)O)(CC1)C2. The predicted molar refractivity (Wildman–Crippen MR) is 102 cm³/mol. The minimum Gasteiger partial charge on any atom is -0.460 e. The summed E-state index contributed by atoms with van der Waals surface area (Å²) in [6.45, 7) is 0. The lowest BCUT2D eigenvalue weighted by Crippen LogP contribution is -2.33. The van der Waals surface area contributed by atoms with E-state index in [9.17, 15) is 14.4 Å². The maximum absolute atomic E-state index is 12.3. The molecule has 0 spiro atoms. The van der Waals surface area contributed by atoms with Crippen LogP contribution in [0.5, 0.6) is 0 Å². The lowest BCUT2D eigenvalue weighted by atomic mass is 9.79. The van der Waals surface area contributed by atoms with Crippen molar-refractivity contribution in [2.45, 2.75) is 44.1 Å². The second kappa shape index (κ2) is 5.55. The van der Waals surface area contributed by atoms with Gasteiger partial charge in [0.15, 0.2) is 11.6 Å². The van der Waals surface area contributed by atoms with Crippen LogP contribution in [0.25, 0.3) is 22.6 Å². The van der Waals surface area contributed by atoms with Gasteiger partial charge in [-0.3, -0.25) is 4.57 Å². The number of aromatic amines is 1. The van der Waals surface area contributed by atoms with Crippen LogP contribution < -0.4 is 11.0 Å². The maximum Gasteiger partial charge on any atom is 0.360 e. The highest BCUT2D eigenvalue weighted by atomic mass is 31.2. The molecule has 3 aromatic rings. The third-order valence-electron chi connectivity index (χ3n) is 6.33. The summed E-state index contributed by atoms with van der Waals surface area (Å²) in [5.41, 5.74) is 8.42. The zero-order valence-electron chi connectivity index (χ0n) is 14.8. The minimum atomic E-state index is -4.54. The molecule has 2 aliphatic rings. The van der Waals surface area contributed by atoms with Crippen molar-refractivity contribution >= 4 is 23.9 Å². The Morgan fingerprint density at radius 3 is 2.59 bits per heavy atom. The average Bonchev–Trinajstić information content (AvgIpc) is 3.33. The second-order valence-corrected chi connectivity index (χ2v) is 9.84. The molecule has 1 aromatic carbocycles. The molecular formula is C19H22N3O4P. The summed E-state index contributed by atoms with van der Waals surface area (Å²) in [6, 6.07) is 7.44. The van der Waals surface area contributed by atoms with E-state index in [1.807, 2.05) is 24.3 Å². The van der Waals surface area contributed by atoms with E-state index >= 15 is 0 Å². The van der Waals surface area contributed by atoms with Crippen LogP contribution in [0.4, 0.5) is 0 Å². The molecule has 27 heavy (non-hydrogen) atoms. The first kappa shape index (κ1) is 17.2. The summed E-state index contributed by atoms with van der Waals surface area (Å²) in [6.07, 6.45) is 6.92. The molecule has 2 aromatic heterocycles. The predicted octanol–water partition coefficient (Wildman–Crippen LogP) is 2.83. The van der Waals surface area contributed by atoms with Crippen molar-refractivity contribution in [3.05, 3.63) is 36.1 Å². The molecule has 2 bridgehead atoms. The molecule has 0 amide bonds. The molecular weight excluding hydrogens is 365 g/mol. The zero-order chi connectivity index (χ0) is 18.9. The van der Waals surface area contributed by atoms with Gasteiger partial charge in [-0.15, -0.1) is 0 Å². The lowest BCUT2D eigenvalue weighted by molar-refractivity contribution is 0.290.